The van der Waals surface area contributed by atoms with Gasteiger partial charge in [0.1, 0.15) is 0 Å². The van der Waals surface area contributed by atoms with Crippen LogP contribution >= 0.6 is 0 Å². The fourth-order valence-electron chi connectivity index (χ4n) is 0.765. The lowest BCUT2D eigenvalue weighted by Crippen LogP contribution is -2.18. The average Bonchev–Trinajstić information content (AvgIpc) is 2.43. The Bertz CT molecular complexity index is 180. The Hall–Kier alpha value is -1.06. The van der Waals surface area contributed by atoms with Crippen LogP contribution < -0.4 is 11.2 Å². The Morgan fingerprint density at radius 2 is 2.88 bits per heavy atom. The van der Waals surface area contributed by atoms with Crippen molar-refractivity contribution in [2.45, 2.75) is 6.04 Å². The summed E-state index contributed by atoms with van der Waals surface area (Å²) in [7, 11) is 0. The third kappa shape index (κ3) is 0.395. The maximum absolute atomic E-state index is 5.38. The van der Waals surface area contributed by atoms with E-state index in [1.807, 2.05) is 10.8 Å². The van der Waals surface area contributed by atoms with Crippen molar-refractivity contribution in [2.75, 3.05) is 6.54 Å². The first-order chi connectivity index (χ1) is 3.86. The summed E-state index contributed by atoms with van der Waals surface area (Å²) in [6.45, 7) is 1.02. The highest BCUT2D eigenvalue weighted by Crippen LogP contribution is 2.14. The first kappa shape index (κ1) is 3.88. The molecular weight excluding hydrogens is 104 g/mol. The summed E-state index contributed by atoms with van der Waals surface area (Å²) in [5, 5.41) is 3.88. The highest BCUT2D eigenvalue weighted by molar-refractivity contribution is 5.02. The van der Waals surface area contributed by atoms with Gasteiger partial charge < -0.3 is 5.73 Å². The minimum absolute atomic E-state index is 0.497. The van der Waals surface area contributed by atoms with Gasteiger partial charge >= 0.3 is 0 Å². The third-order valence-electron chi connectivity index (χ3n) is 1.30. The van der Waals surface area contributed by atoms with Crippen LogP contribution in [-0.4, -0.2) is 17.3 Å². The molecule has 4 nitrogen and oxygen atoms in total. The molecule has 0 aromatic carbocycles. The second-order valence-corrected chi connectivity index (χ2v) is 2.02. The molecule has 0 aromatic rings. The Morgan fingerprint density at radius 1 is 2.00 bits per heavy atom. The molecule has 2 rings (SSSR count). The molecule has 1 saturated heterocycles. The summed E-state index contributed by atoms with van der Waals surface area (Å²) in [4.78, 5) is 0. The van der Waals surface area contributed by atoms with E-state index in [-0.39, 0.29) is 0 Å². The van der Waals surface area contributed by atoms with Crippen molar-refractivity contribution in [3.8, 4) is 0 Å². The molecule has 3 N–H and O–H groups in total. The van der Waals surface area contributed by atoms with E-state index in [1.54, 1.807) is 0 Å². The average molecular weight is 111 g/mol. The number of hydrogen-bond acceptors (Lipinski definition) is 3. The Morgan fingerprint density at radius 3 is 3.50 bits per heavy atom. The van der Waals surface area contributed by atoms with Crippen molar-refractivity contribution < 1.29 is 4.70 Å². The molecule has 0 saturated carbocycles. The van der Waals surface area contributed by atoms with Gasteiger partial charge in [-0.15, -0.1) is 5.43 Å². The lowest BCUT2D eigenvalue weighted by Gasteiger charge is -1.91. The standard InChI is InChI=1S/C4H6N4/c5-4-1-3-2-8(3)7-6-4/h1,3H,2,5H2/p+1. The smallest absolute Gasteiger partial charge is 0.211 e. The van der Waals surface area contributed by atoms with Crippen LogP contribution in [0.1, 0.15) is 0 Å². The van der Waals surface area contributed by atoms with Crippen molar-refractivity contribution in [1.29, 1.82) is 0 Å². The van der Waals surface area contributed by atoms with E-state index in [4.69, 9.17) is 5.73 Å². The lowest BCUT2D eigenvalue weighted by molar-refractivity contribution is -0.442. The van der Waals surface area contributed by atoms with Crippen molar-refractivity contribution >= 4 is 0 Å². The van der Waals surface area contributed by atoms with Crippen LogP contribution in [0.15, 0.2) is 17.1 Å². The molecule has 2 aliphatic rings. The molecule has 42 valence electrons. The van der Waals surface area contributed by atoms with E-state index in [0.29, 0.717) is 11.9 Å². The summed E-state index contributed by atoms with van der Waals surface area (Å²) in [5.74, 6) is 0.670. The topological polar surface area (TPSA) is 53.4 Å². The number of nitrogens with one attached hydrogen (secondary N) is 1. The molecule has 4 heteroatoms. The molecular formula is C4H7N4+. The molecule has 0 radical (unpaired) electrons. The van der Waals surface area contributed by atoms with Gasteiger partial charge in [-0.05, 0) is 0 Å². The zero-order valence-electron chi connectivity index (χ0n) is 4.33. The van der Waals surface area contributed by atoms with Gasteiger partial charge in [-0.1, -0.05) is 0 Å². The van der Waals surface area contributed by atoms with Crippen LogP contribution in [0.25, 0.3) is 0 Å². The molecule has 0 aliphatic carbocycles. The van der Waals surface area contributed by atoms with Crippen molar-refractivity contribution in [3.05, 3.63) is 11.9 Å². The monoisotopic (exact) mass is 111 g/mol. The maximum Gasteiger partial charge on any atom is 0.211 e. The predicted molar refractivity (Wildman–Crippen MR) is 26.7 cm³/mol. The Balaban J connectivity index is 2.26. The number of hydrogen-bond donors (Lipinski definition) is 2. The van der Waals surface area contributed by atoms with E-state index in [9.17, 15) is 0 Å². The summed E-state index contributed by atoms with van der Waals surface area (Å²) in [6.07, 6.45) is 1.97. The van der Waals surface area contributed by atoms with Crippen molar-refractivity contribution in [2.24, 2.45) is 11.0 Å². The highest BCUT2D eigenvalue weighted by Gasteiger charge is 2.38. The van der Waals surface area contributed by atoms with E-state index in [1.165, 1.54) is 0 Å². The maximum atomic E-state index is 5.38. The van der Waals surface area contributed by atoms with Crippen LogP contribution in [0.3, 0.4) is 0 Å². The van der Waals surface area contributed by atoms with E-state index < -0.39 is 0 Å². The molecule has 1 unspecified atom stereocenters. The second kappa shape index (κ2) is 1.02. The molecule has 2 aliphatic heterocycles. The van der Waals surface area contributed by atoms with Gasteiger partial charge in [-0.2, -0.15) is 4.70 Å². The zero-order chi connectivity index (χ0) is 5.56. The number of nitrogens with zero attached hydrogens (tertiary/aromatic N) is 2. The van der Waals surface area contributed by atoms with Gasteiger partial charge in [0.05, 0.1) is 5.22 Å². The van der Waals surface area contributed by atoms with Crippen molar-refractivity contribution in [3.63, 3.8) is 0 Å². The quantitative estimate of drug-likeness (QED) is 0.316. The van der Waals surface area contributed by atoms with Gasteiger partial charge in [0, 0.05) is 6.08 Å². The first-order valence-electron chi connectivity index (χ1n) is 2.57. The number of fused-ring (bicyclic) bond motifs is 1. The summed E-state index contributed by atoms with van der Waals surface area (Å²) >= 11 is 0. The van der Waals surface area contributed by atoms with Crippen LogP contribution in [-0.2, 0) is 0 Å². The van der Waals surface area contributed by atoms with E-state index in [2.05, 4.69) is 10.6 Å². The predicted octanol–water partition coefficient (Wildman–Crippen LogP) is -0.848. The fraction of sp³-hybridized carbons (Fsp3) is 0.500. The SMILES string of the molecule is NC1=CC2C[N+]2=NN1. The van der Waals surface area contributed by atoms with Gasteiger partial charge in [0.2, 0.25) is 5.82 Å². The second-order valence-electron chi connectivity index (χ2n) is 2.02. The summed E-state index contributed by atoms with van der Waals surface area (Å²) < 4.78 is 1.93. The molecule has 0 bridgehead atoms. The lowest BCUT2D eigenvalue weighted by atomic mass is 10.4. The first-order valence-corrected chi connectivity index (χ1v) is 2.57. The van der Waals surface area contributed by atoms with Crippen molar-refractivity contribution in [1.82, 2.24) is 5.43 Å². The largest absolute Gasteiger partial charge is 0.365 e. The molecule has 0 spiro atoms. The molecule has 8 heavy (non-hydrogen) atoms. The Kier molecular flexibility index (Phi) is 0.494. The van der Waals surface area contributed by atoms with Gasteiger partial charge in [0.15, 0.2) is 12.6 Å². The molecule has 2 heterocycles. The minimum Gasteiger partial charge on any atom is -0.365 e. The highest BCUT2D eigenvalue weighted by atomic mass is 15.6. The summed E-state index contributed by atoms with van der Waals surface area (Å²) in [5.41, 5.74) is 8.04. The van der Waals surface area contributed by atoms with E-state index >= 15 is 0 Å². The van der Waals surface area contributed by atoms with Gasteiger partial charge in [-0.25, -0.2) is 0 Å². The number of nitrogens with two attached hydrogens (primary N) is 1. The molecule has 1 atom stereocenters. The zero-order valence-corrected chi connectivity index (χ0v) is 4.33. The Labute approximate surface area is 46.6 Å². The third-order valence-corrected chi connectivity index (χ3v) is 1.30. The molecule has 0 aromatic heterocycles. The van der Waals surface area contributed by atoms with Crippen LogP contribution in [0.4, 0.5) is 0 Å². The van der Waals surface area contributed by atoms with Gasteiger partial charge in [0.25, 0.3) is 0 Å². The molecule has 0 amide bonds. The van der Waals surface area contributed by atoms with Crippen LogP contribution in [0, 0.1) is 0 Å². The van der Waals surface area contributed by atoms with Gasteiger partial charge in [-0.3, -0.25) is 0 Å². The van der Waals surface area contributed by atoms with Crippen LogP contribution in [0.2, 0.25) is 0 Å². The fourth-order valence-corrected chi connectivity index (χ4v) is 0.765. The normalized spacial score (nSPS) is 31.8. The van der Waals surface area contributed by atoms with E-state index in [0.717, 1.165) is 6.54 Å². The minimum atomic E-state index is 0.497. The molecule has 1 fully saturated rings. The summed E-state index contributed by atoms with van der Waals surface area (Å²) in [6, 6.07) is 0.497. The van der Waals surface area contributed by atoms with Crippen LogP contribution in [0.5, 0.6) is 0 Å². The number of rotatable bonds is 0.